The van der Waals surface area contributed by atoms with E-state index in [4.69, 9.17) is 16.3 Å². The van der Waals surface area contributed by atoms with Gasteiger partial charge in [0.25, 0.3) is 0 Å². The Morgan fingerprint density at radius 2 is 1.93 bits per heavy atom. The molecule has 2 rings (SSSR count). The van der Waals surface area contributed by atoms with Gasteiger partial charge in [0.2, 0.25) is 0 Å². The van der Waals surface area contributed by atoms with Crippen LogP contribution in [0.2, 0.25) is 0 Å². The number of halogens is 1. The highest BCUT2D eigenvalue weighted by molar-refractivity contribution is 7.12. The molecule has 0 unspecified atom stereocenters. The Labute approximate surface area is 93.3 Å². The fraction of sp³-hybridized carbons (Fsp3) is 0.700. The highest BCUT2D eigenvalue weighted by atomic mass is 35.5. The lowest BCUT2D eigenvalue weighted by molar-refractivity contribution is -0.105. The Kier molecular flexibility index (Phi) is 2.18. The number of fused-ring (bicyclic) bond motifs is 1. The fourth-order valence-corrected chi connectivity index (χ4v) is 3.30. The van der Waals surface area contributed by atoms with Crippen LogP contribution < -0.4 is 0 Å². The van der Waals surface area contributed by atoms with Crippen molar-refractivity contribution in [3.63, 3.8) is 0 Å². The Hall–Kier alpha value is -0.120. The lowest BCUT2D eigenvalue weighted by atomic mass is 10.0. The predicted molar refractivity (Wildman–Crippen MR) is 58.8 cm³/mol. The predicted octanol–water partition coefficient (Wildman–Crippen LogP) is 3.38. The maximum Gasteiger partial charge on any atom is 0.108 e. The zero-order valence-electron chi connectivity index (χ0n) is 8.85. The molecule has 0 radical (unpaired) electrons. The number of rotatable bonds is 1. The lowest BCUT2D eigenvalue weighted by Gasteiger charge is -2.24. The summed E-state index contributed by atoms with van der Waals surface area (Å²) < 4.78 is 5.95. The van der Waals surface area contributed by atoms with E-state index in [0.29, 0.717) is 5.88 Å². The van der Waals surface area contributed by atoms with E-state index in [0.717, 1.165) is 10.7 Å². The van der Waals surface area contributed by atoms with Crippen molar-refractivity contribution in [3.05, 3.63) is 15.6 Å². The average Bonchev–Trinajstić information content (AvgIpc) is 2.51. The minimum atomic E-state index is -0.278. The molecule has 0 spiro atoms. The summed E-state index contributed by atoms with van der Waals surface area (Å²) in [4.78, 5) is 5.74. The normalized spacial score (nSPS) is 22.4. The van der Waals surface area contributed by atoms with Gasteiger partial charge in [-0.05, 0) is 27.7 Å². The van der Waals surface area contributed by atoms with Gasteiger partial charge in [-0.1, -0.05) is 0 Å². The van der Waals surface area contributed by atoms with Gasteiger partial charge in [0.15, 0.2) is 0 Å². The van der Waals surface area contributed by atoms with Crippen LogP contribution in [0.15, 0.2) is 0 Å². The van der Waals surface area contributed by atoms with E-state index >= 15 is 0 Å². The monoisotopic (exact) mass is 231 g/mol. The Balaban J connectivity index is 2.56. The number of thiazole rings is 1. The zero-order chi connectivity index (χ0) is 10.6. The average molecular weight is 232 g/mol. The van der Waals surface area contributed by atoms with Crippen LogP contribution in [0.3, 0.4) is 0 Å². The highest BCUT2D eigenvalue weighted by Crippen LogP contribution is 2.48. The van der Waals surface area contributed by atoms with E-state index in [-0.39, 0.29) is 11.2 Å². The molecular weight excluding hydrogens is 218 g/mol. The number of hydrogen-bond donors (Lipinski definition) is 0. The standard InChI is InChI=1S/C10H14ClNOS/c1-9(2)7-8(10(3,4)13-9)14-6(5-11)12-7/h5H2,1-4H3. The van der Waals surface area contributed by atoms with Gasteiger partial charge in [-0.15, -0.1) is 22.9 Å². The first-order valence-corrected chi connectivity index (χ1v) is 5.99. The molecule has 0 atom stereocenters. The number of ether oxygens (including phenoxy) is 1. The van der Waals surface area contributed by atoms with E-state index in [1.807, 2.05) is 0 Å². The Bertz CT molecular complexity index is 339. The number of alkyl halides is 1. The molecule has 0 N–H and O–H groups in total. The minimum Gasteiger partial charge on any atom is -0.358 e. The van der Waals surface area contributed by atoms with Crippen LogP contribution in [0.5, 0.6) is 0 Å². The SMILES string of the molecule is CC1(C)OC(C)(C)c2sc(CCl)nc21. The third kappa shape index (κ3) is 1.38. The highest BCUT2D eigenvalue weighted by Gasteiger charge is 2.46. The van der Waals surface area contributed by atoms with E-state index < -0.39 is 0 Å². The van der Waals surface area contributed by atoms with Crippen LogP contribution in [-0.4, -0.2) is 4.98 Å². The summed E-state index contributed by atoms with van der Waals surface area (Å²) in [6.45, 7) is 8.27. The summed E-state index contributed by atoms with van der Waals surface area (Å²) in [5.74, 6) is 0.490. The second-order valence-electron chi connectivity index (χ2n) is 4.54. The Morgan fingerprint density at radius 3 is 2.43 bits per heavy atom. The first-order valence-electron chi connectivity index (χ1n) is 4.63. The van der Waals surface area contributed by atoms with Gasteiger partial charge in [-0.3, -0.25) is 0 Å². The zero-order valence-corrected chi connectivity index (χ0v) is 10.4. The molecule has 78 valence electrons. The van der Waals surface area contributed by atoms with Crippen molar-refractivity contribution in [1.29, 1.82) is 0 Å². The second-order valence-corrected chi connectivity index (χ2v) is 5.89. The van der Waals surface area contributed by atoms with Gasteiger partial charge < -0.3 is 4.74 Å². The molecule has 1 aromatic heterocycles. The van der Waals surface area contributed by atoms with Crippen LogP contribution in [0.4, 0.5) is 0 Å². The first kappa shape index (κ1) is 10.4. The van der Waals surface area contributed by atoms with Crippen molar-refractivity contribution in [3.8, 4) is 0 Å². The van der Waals surface area contributed by atoms with Crippen molar-refractivity contribution >= 4 is 22.9 Å². The number of nitrogens with zero attached hydrogens (tertiary/aromatic N) is 1. The van der Waals surface area contributed by atoms with Crippen molar-refractivity contribution in [2.45, 2.75) is 44.8 Å². The largest absolute Gasteiger partial charge is 0.358 e. The summed E-state index contributed by atoms with van der Waals surface area (Å²) in [7, 11) is 0. The van der Waals surface area contributed by atoms with Crippen molar-refractivity contribution < 1.29 is 4.74 Å². The molecule has 2 nitrogen and oxygen atoms in total. The van der Waals surface area contributed by atoms with Gasteiger partial charge in [-0.25, -0.2) is 4.98 Å². The molecule has 4 heteroatoms. The summed E-state index contributed by atoms with van der Waals surface area (Å²) in [5.41, 5.74) is 0.559. The van der Waals surface area contributed by atoms with Crippen LogP contribution in [0.25, 0.3) is 0 Å². The third-order valence-corrected chi connectivity index (χ3v) is 4.19. The number of aromatic nitrogens is 1. The summed E-state index contributed by atoms with van der Waals surface area (Å²) in [6, 6.07) is 0. The van der Waals surface area contributed by atoms with E-state index in [2.05, 4.69) is 32.7 Å². The molecule has 0 saturated heterocycles. The number of hydrogen-bond acceptors (Lipinski definition) is 3. The maximum atomic E-state index is 5.95. The van der Waals surface area contributed by atoms with Crippen molar-refractivity contribution in [2.75, 3.05) is 0 Å². The molecule has 1 aromatic rings. The molecular formula is C10H14ClNOS. The van der Waals surface area contributed by atoms with Crippen LogP contribution in [0, 0.1) is 0 Å². The molecule has 1 aliphatic rings. The third-order valence-electron chi connectivity index (χ3n) is 2.41. The van der Waals surface area contributed by atoms with Crippen LogP contribution in [0.1, 0.15) is 43.3 Å². The van der Waals surface area contributed by atoms with E-state index in [9.17, 15) is 0 Å². The minimum absolute atomic E-state index is 0.221. The van der Waals surface area contributed by atoms with Gasteiger partial charge in [0, 0.05) is 0 Å². The fourth-order valence-electron chi connectivity index (χ4n) is 1.97. The second kappa shape index (κ2) is 2.94. The topological polar surface area (TPSA) is 22.1 Å². The van der Waals surface area contributed by atoms with E-state index in [1.165, 1.54) is 4.88 Å². The van der Waals surface area contributed by atoms with Crippen LogP contribution in [-0.2, 0) is 21.8 Å². The molecule has 0 amide bonds. The smallest absolute Gasteiger partial charge is 0.108 e. The first-order chi connectivity index (χ1) is 6.37. The lowest BCUT2D eigenvalue weighted by Crippen LogP contribution is -2.23. The molecule has 0 fully saturated rings. The van der Waals surface area contributed by atoms with Gasteiger partial charge in [0.05, 0.1) is 22.1 Å². The maximum absolute atomic E-state index is 5.95. The molecule has 2 heterocycles. The van der Waals surface area contributed by atoms with Crippen molar-refractivity contribution in [2.24, 2.45) is 0 Å². The summed E-state index contributed by atoms with van der Waals surface area (Å²) >= 11 is 7.45. The molecule has 0 aromatic carbocycles. The van der Waals surface area contributed by atoms with Gasteiger partial charge >= 0.3 is 0 Å². The molecule has 1 aliphatic heterocycles. The van der Waals surface area contributed by atoms with E-state index in [1.54, 1.807) is 11.3 Å². The quantitative estimate of drug-likeness (QED) is 0.692. The van der Waals surface area contributed by atoms with Gasteiger partial charge in [-0.2, -0.15) is 0 Å². The molecule has 0 bridgehead atoms. The molecule has 0 saturated carbocycles. The van der Waals surface area contributed by atoms with Crippen molar-refractivity contribution in [1.82, 2.24) is 4.98 Å². The molecule has 0 aliphatic carbocycles. The summed E-state index contributed by atoms with van der Waals surface area (Å²) in [6.07, 6.45) is 0. The summed E-state index contributed by atoms with van der Waals surface area (Å²) in [5, 5.41) is 0.987. The molecule has 14 heavy (non-hydrogen) atoms. The van der Waals surface area contributed by atoms with Crippen LogP contribution >= 0.6 is 22.9 Å². The van der Waals surface area contributed by atoms with Gasteiger partial charge in [0.1, 0.15) is 10.6 Å². The Morgan fingerprint density at radius 1 is 1.29 bits per heavy atom.